The number of thioether (sulfide) groups is 1. The van der Waals surface area contributed by atoms with Crippen molar-refractivity contribution in [3.05, 3.63) is 54.6 Å². The second-order valence-corrected chi connectivity index (χ2v) is 7.04. The summed E-state index contributed by atoms with van der Waals surface area (Å²) in [5.74, 6) is 0.998. The molecule has 1 amide bonds. The number of ether oxygens (including phenoxy) is 1. The Labute approximate surface area is 156 Å². The van der Waals surface area contributed by atoms with E-state index in [1.807, 2.05) is 47.4 Å². The first-order chi connectivity index (χ1) is 12.1. The molecule has 1 heterocycles. The number of fused-ring (bicyclic) bond motifs is 1. The molecule has 0 unspecified atom stereocenters. The predicted octanol–water partition coefficient (Wildman–Crippen LogP) is 2.41. The number of carbonyl (C=O) groups excluding carboxylic acids is 1. The van der Waals surface area contributed by atoms with Crippen molar-refractivity contribution in [1.82, 2.24) is 5.32 Å². The number of rotatable bonds is 5. The van der Waals surface area contributed by atoms with Gasteiger partial charge in [0.1, 0.15) is 5.75 Å². The third-order valence-electron chi connectivity index (χ3n) is 3.73. The van der Waals surface area contributed by atoms with Crippen LogP contribution in [0.1, 0.15) is 0 Å². The van der Waals surface area contributed by atoms with Crippen LogP contribution in [0.2, 0.25) is 0 Å². The van der Waals surface area contributed by atoms with Gasteiger partial charge in [-0.15, -0.1) is 11.8 Å². The van der Waals surface area contributed by atoms with Gasteiger partial charge in [-0.25, -0.2) is 0 Å². The van der Waals surface area contributed by atoms with Gasteiger partial charge >= 0.3 is 0 Å². The van der Waals surface area contributed by atoms with Crippen LogP contribution in [0.15, 0.2) is 59.5 Å². The van der Waals surface area contributed by atoms with E-state index in [9.17, 15) is 4.79 Å². The molecule has 0 spiro atoms. The molecular weight excluding hydrogens is 354 g/mol. The lowest BCUT2D eigenvalue weighted by Gasteiger charge is -2.35. The average Bonchev–Trinajstić information content (AvgIpc) is 2.65. The molecule has 2 aromatic rings. The van der Waals surface area contributed by atoms with E-state index in [1.165, 1.54) is 4.90 Å². The van der Waals surface area contributed by atoms with Crippen LogP contribution < -0.4 is 20.7 Å². The highest BCUT2D eigenvalue weighted by atomic mass is 32.2. The van der Waals surface area contributed by atoms with Gasteiger partial charge in [-0.1, -0.05) is 30.3 Å². The van der Waals surface area contributed by atoms with Gasteiger partial charge in [-0.05, 0) is 36.5 Å². The summed E-state index contributed by atoms with van der Waals surface area (Å²) in [4.78, 5) is 14.6. The van der Waals surface area contributed by atoms with Crippen LogP contribution in [-0.2, 0) is 4.79 Å². The largest absolute Gasteiger partial charge is 0.477 e. The SMILES string of the molecule is NC(=O)[C@@H]1CN(C(=S)NCCSc2ccccc2)c2ccccc2O1. The zero-order valence-electron chi connectivity index (χ0n) is 13.6. The van der Waals surface area contributed by atoms with Crippen LogP contribution in [0.25, 0.3) is 0 Å². The smallest absolute Gasteiger partial charge is 0.260 e. The van der Waals surface area contributed by atoms with Gasteiger partial charge in [0.25, 0.3) is 5.91 Å². The monoisotopic (exact) mass is 373 g/mol. The van der Waals surface area contributed by atoms with Crippen molar-refractivity contribution in [2.24, 2.45) is 5.73 Å². The number of nitrogens with two attached hydrogens (primary N) is 1. The first-order valence-corrected chi connectivity index (χ1v) is 9.33. The summed E-state index contributed by atoms with van der Waals surface area (Å²) in [5.41, 5.74) is 6.26. The lowest BCUT2D eigenvalue weighted by atomic mass is 10.2. The molecule has 7 heteroatoms. The summed E-state index contributed by atoms with van der Waals surface area (Å²) in [6.45, 7) is 1.03. The topological polar surface area (TPSA) is 67.6 Å². The van der Waals surface area contributed by atoms with Gasteiger partial charge in [0.2, 0.25) is 0 Å². The maximum absolute atomic E-state index is 11.6. The third-order valence-corrected chi connectivity index (χ3v) is 5.10. The van der Waals surface area contributed by atoms with E-state index in [1.54, 1.807) is 11.8 Å². The predicted molar refractivity (Wildman–Crippen MR) is 105 cm³/mol. The molecule has 1 atom stereocenters. The van der Waals surface area contributed by atoms with Crippen molar-refractivity contribution in [3.63, 3.8) is 0 Å². The lowest BCUT2D eigenvalue weighted by molar-refractivity contribution is -0.124. The molecule has 130 valence electrons. The second-order valence-electron chi connectivity index (χ2n) is 5.48. The fourth-order valence-corrected chi connectivity index (χ4v) is 3.58. The van der Waals surface area contributed by atoms with Gasteiger partial charge in [0, 0.05) is 17.2 Å². The molecule has 3 rings (SSSR count). The number of hydrogen-bond donors (Lipinski definition) is 2. The molecule has 0 bridgehead atoms. The van der Waals surface area contributed by atoms with Gasteiger partial charge in [0.15, 0.2) is 11.2 Å². The van der Waals surface area contributed by atoms with Crippen LogP contribution in [0.3, 0.4) is 0 Å². The van der Waals surface area contributed by atoms with Crippen molar-refractivity contribution >= 4 is 40.7 Å². The van der Waals surface area contributed by atoms with E-state index in [4.69, 9.17) is 22.7 Å². The number of benzene rings is 2. The van der Waals surface area contributed by atoms with E-state index >= 15 is 0 Å². The molecule has 0 saturated heterocycles. The number of anilines is 1. The van der Waals surface area contributed by atoms with Crippen molar-refractivity contribution in [2.45, 2.75) is 11.0 Å². The second kappa shape index (κ2) is 8.22. The fraction of sp³-hybridized carbons (Fsp3) is 0.222. The number of primary amides is 1. The molecule has 2 aromatic carbocycles. The summed E-state index contributed by atoms with van der Waals surface area (Å²) >= 11 is 7.28. The number of para-hydroxylation sites is 2. The molecule has 25 heavy (non-hydrogen) atoms. The van der Waals surface area contributed by atoms with Crippen LogP contribution in [-0.4, -0.2) is 36.0 Å². The summed E-state index contributed by atoms with van der Waals surface area (Å²) in [6.07, 6.45) is -0.714. The van der Waals surface area contributed by atoms with Gasteiger partial charge in [-0.2, -0.15) is 0 Å². The van der Waals surface area contributed by atoms with Crippen molar-refractivity contribution in [3.8, 4) is 5.75 Å². The Kier molecular flexibility index (Phi) is 5.78. The minimum absolute atomic E-state index is 0.310. The third kappa shape index (κ3) is 4.43. The van der Waals surface area contributed by atoms with Crippen LogP contribution in [0.5, 0.6) is 5.75 Å². The lowest BCUT2D eigenvalue weighted by Crippen LogP contribution is -2.52. The quantitative estimate of drug-likeness (QED) is 0.477. The highest BCUT2D eigenvalue weighted by Crippen LogP contribution is 2.33. The number of nitrogens with one attached hydrogen (secondary N) is 1. The Morgan fingerprint density at radius 3 is 2.72 bits per heavy atom. The number of thiocarbonyl (C=S) groups is 1. The summed E-state index contributed by atoms with van der Waals surface area (Å²) in [6, 6.07) is 17.7. The molecule has 1 aliphatic rings. The highest BCUT2D eigenvalue weighted by molar-refractivity contribution is 7.99. The van der Waals surface area contributed by atoms with E-state index in [0.29, 0.717) is 17.4 Å². The van der Waals surface area contributed by atoms with E-state index in [0.717, 1.165) is 18.0 Å². The Hall–Kier alpha value is -2.25. The van der Waals surface area contributed by atoms with Gasteiger partial charge in [0.05, 0.1) is 12.2 Å². The molecule has 5 nitrogen and oxygen atoms in total. The van der Waals surface area contributed by atoms with Crippen molar-refractivity contribution < 1.29 is 9.53 Å². The minimum Gasteiger partial charge on any atom is -0.477 e. The normalized spacial score (nSPS) is 15.8. The molecule has 0 saturated carbocycles. The first-order valence-electron chi connectivity index (χ1n) is 7.93. The maximum atomic E-state index is 11.6. The van der Waals surface area contributed by atoms with E-state index in [2.05, 4.69) is 17.4 Å². The fourth-order valence-electron chi connectivity index (χ4n) is 2.51. The minimum atomic E-state index is -0.714. The molecule has 1 aliphatic heterocycles. The zero-order chi connectivity index (χ0) is 17.6. The molecule has 0 radical (unpaired) electrons. The number of hydrogen-bond acceptors (Lipinski definition) is 4. The Morgan fingerprint density at radius 2 is 1.96 bits per heavy atom. The van der Waals surface area contributed by atoms with Crippen LogP contribution in [0, 0.1) is 0 Å². The molecule has 0 aliphatic carbocycles. The summed E-state index contributed by atoms with van der Waals surface area (Å²) in [5, 5.41) is 3.82. The zero-order valence-corrected chi connectivity index (χ0v) is 15.2. The summed E-state index contributed by atoms with van der Waals surface area (Å²) < 4.78 is 5.65. The van der Waals surface area contributed by atoms with Crippen molar-refractivity contribution in [2.75, 3.05) is 23.7 Å². The van der Waals surface area contributed by atoms with E-state index in [-0.39, 0.29) is 0 Å². The molecule has 3 N–H and O–H groups in total. The molecule has 0 fully saturated rings. The Bertz CT molecular complexity index is 755. The van der Waals surface area contributed by atoms with Gasteiger partial charge in [-0.3, -0.25) is 4.79 Å². The number of amides is 1. The number of carbonyl (C=O) groups is 1. The number of nitrogens with zero attached hydrogens (tertiary/aromatic N) is 1. The Morgan fingerprint density at radius 1 is 1.24 bits per heavy atom. The summed E-state index contributed by atoms with van der Waals surface area (Å²) in [7, 11) is 0. The maximum Gasteiger partial charge on any atom is 0.260 e. The van der Waals surface area contributed by atoms with Crippen LogP contribution in [0.4, 0.5) is 5.69 Å². The highest BCUT2D eigenvalue weighted by Gasteiger charge is 2.30. The average molecular weight is 374 g/mol. The Balaban J connectivity index is 1.60. The first kappa shape index (κ1) is 17.6. The van der Waals surface area contributed by atoms with Crippen molar-refractivity contribution in [1.29, 1.82) is 0 Å². The van der Waals surface area contributed by atoms with Crippen LogP contribution >= 0.6 is 24.0 Å². The van der Waals surface area contributed by atoms with Gasteiger partial charge < -0.3 is 20.7 Å². The standard InChI is InChI=1S/C18H19N3O2S2/c19-17(22)16-12-21(14-8-4-5-9-15(14)23-16)18(24)20-10-11-25-13-6-2-1-3-7-13/h1-9,16H,10-12H2,(H2,19,22)(H,20,24)/t16-/m0/s1. The molecular formula is C18H19N3O2S2. The van der Waals surface area contributed by atoms with E-state index < -0.39 is 12.0 Å². The molecule has 0 aromatic heterocycles.